The first-order valence-electron chi connectivity index (χ1n) is 7.33. The van der Waals surface area contributed by atoms with E-state index in [1.54, 1.807) is 0 Å². The molecule has 0 aliphatic heterocycles. The average molecular weight is 290 g/mol. The van der Waals surface area contributed by atoms with E-state index in [2.05, 4.69) is 56.4 Å². The van der Waals surface area contributed by atoms with Gasteiger partial charge in [-0.3, -0.25) is 5.32 Å². The van der Waals surface area contributed by atoms with Crippen molar-refractivity contribution in [1.29, 1.82) is 5.26 Å². The van der Waals surface area contributed by atoms with Crippen LogP contribution in [0.4, 0.5) is 0 Å². The predicted molar refractivity (Wildman–Crippen MR) is 88.2 cm³/mol. The largest absolute Gasteiger partial charge is 0.300 e. The van der Waals surface area contributed by atoms with E-state index in [0.717, 1.165) is 13.0 Å². The van der Waals surface area contributed by atoms with Gasteiger partial charge in [-0.15, -0.1) is 11.8 Å². The summed E-state index contributed by atoms with van der Waals surface area (Å²) in [5.74, 6) is 0.571. The molecule has 2 unspecified atom stereocenters. The van der Waals surface area contributed by atoms with Crippen molar-refractivity contribution in [3.8, 4) is 6.07 Å². The SMILES string of the molecule is CCNC(C)(C#N)CC(C)Sc1ccc(C(C)C)cc1. The van der Waals surface area contributed by atoms with Crippen molar-refractivity contribution in [2.24, 2.45) is 0 Å². The second-order valence-electron chi connectivity index (χ2n) is 5.83. The number of hydrogen-bond donors (Lipinski definition) is 1. The highest BCUT2D eigenvalue weighted by Crippen LogP contribution is 2.29. The van der Waals surface area contributed by atoms with Crippen LogP contribution >= 0.6 is 11.8 Å². The van der Waals surface area contributed by atoms with Crippen LogP contribution in [-0.2, 0) is 0 Å². The molecule has 1 aromatic carbocycles. The Balaban J connectivity index is 2.62. The van der Waals surface area contributed by atoms with Gasteiger partial charge in [0.05, 0.1) is 6.07 Å². The smallest absolute Gasteiger partial charge is 0.104 e. The molecule has 1 aromatic rings. The fraction of sp³-hybridized carbons (Fsp3) is 0.588. The Hall–Kier alpha value is -0.980. The molecule has 0 heterocycles. The first kappa shape index (κ1) is 17.1. The minimum atomic E-state index is -0.432. The van der Waals surface area contributed by atoms with Crippen molar-refractivity contribution in [3.63, 3.8) is 0 Å². The summed E-state index contributed by atoms with van der Waals surface area (Å²) in [4.78, 5) is 1.28. The van der Waals surface area contributed by atoms with E-state index < -0.39 is 5.54 Å². The van der Waals surface area contributed by atoms with E-state index in [0.29, 0.717) is 11.2 Å². The topological polar surface area (TPSA) is 35.8 Å². The van der Waals surface area contributed by atoms with Gasteiger partial charge >= 0.3 is 0 Å². The van der Waals surface area contributed by atoms with Gasteiger partial charge in [0.1, 0.15) is 5.54 Å². The van der Waals surface area contributed by atoms with Crippen LogP contribution < -0.4 is 5.32 Å². The minimum absolute atomic E-state index is 0.406. The van der Waals surface area contributed by atoms with Gasteiger partial charge in [0, 0.05) is 10.1 Å². The fourth-order valence-corrected chi connectivity index (χ4v) is 3.50. The molecule has 20 heavy (non-hydrogen) atoms. The lowest BCUT2D eigenvalue weighted by molar-refractivity contribution is 0.429. The molecule has 0 aromatic heterocycles. The molecule has 2 nitrogen and oxygen atoms in total. The highest BCUT2D eigenvalue weighted by atomic mass is 32.2. The maximum Gasteiger partial charge on any atom is 0.104 e. The van der Waals surface area contributed by atoms with Crippen LogP contribution in [0.3, 0.4) is 0 Å². The summed E-state index contributed by atoms with van der Waals surface area (Å²) >= 11 is 1.84. The molecule has 2 atom stereocenters. The number of benzene rings is 1. The van der Waals surface area contributed by atoms with Crippen molar-refractivity contribution >= 4 is 11.8 Å². The minimum Gasteiger partial charge on any atom is -0.300 e. The summed E-state index contributed by atoms with van der Waals surface area (Å²) in [6.45, 7) is 11.4. The molecule has 1 rings (SSSR count). The van der Waals surface area contributed by atoms with E-state index in [1.165, 1.54) is 10.5 Å². The average Bonchev–Trinajstić information content (AvgIpc) is 2.39. The number of nitriles is 1. The van der Waals surface area contributed by atoms with Crippen LogP contribution in [0.1, 0.15) is 52.5 Å². The first-order valence-corrected chi connectivity index (χ1v) is 8.21. The molecule has 110 valence electrons. The van der Waals surface area contributed by atoms with Gasteiger partial charge in [0.25, 0.3) is 0 Å². The quantitative estimate of drug-likeness (QED) is 0.747. The van der Waals surface area contributed by atoms with E-state index in [9.17, 15) is 5.26 Å². The second-order valence-corrected chi connectivity index (χ2v) is 7.34. The Morgan fingerprint density at radius 3 is 2.30 bits per heavy atom. The fourth-order valence-electron chi connectivity index (χ4n) is 2.33. The van der Waals surface area contributed by atoms with E-state index in [4.69, 9.17) is 0 Å². The molecule has 0 saturated carbocycles. The molecule has 0 spiro atoms. The van der Waals surface area contributed by atoms with E-state index in [1.807, 2.05) is 25.6 Å². The molecule has 0 fully saturated rings. The molecule has 1 N–H and O–H groups in total. The Morgan fingerprint density at radius 1 is 1.25 bits per heavy atom. The molecule has 0 radical (unpaired) electrons. The molecule has 0 bridgehead atoms. The van der Waals surface area contributed by atoms with Crippen LogP contribution in [0, 0.1) is 11.3 Å². The Kier molecular flexibility index (Phi) is 6.58. The molecule has 3 heteroatoms. The normalized spacial score (nSPS) is 15.7. The third kappa shape index (κ3) is 5.19. The maximum atomic E-state index is 9.31. The zero-order valence-electron chi connectivity index (χ0n) is 13.2. The molecule has 0 aliphatic carbocycles. The lowest BCUT2D eigenvalue weighted by atomic mass is 9.98. The van der Waals surface area contributed by atoms with Crippen LogP contribution in [0.2, 0.25) is 0 Å². The van der Waals surface area contributed by atoms with Gasteiger partial charge < -0.3 is 0 Å². The van der Waals surface area contributed by atoms with E-state index in [-0.39, 0.29) is 0 Å². The van der Waals surface area contributed by atoms with Crippen molar-refractivity contribution in [2.75, 3.05) is 6.54 Å². The van der Waals surface area contributed by atoms with Crippen molar-refractivity contribution in [2.45, 2.75) is 62.6 Å². The van der Waals surface area contributed by atoms with E-state index >= 15 is 0 Å². The summed E-state index contributed by atoms with van der Waals surface area (Å²) in [5.41, 5.74) is 0.940. The second kappa shape index (κ2) is 7.71. The summed E-state index contributed by atoms with van der Waals surface area (Å²) in [6.07, 6.45) is 0.841. The van der Waals surface area contributed by atoms with Crippen LogP contribution in [0.15, 0.2) is 29.2 Å². The molecule has 0 aliphatic rings. The number of rotatable bonds is 7. The maximum absolute atomic E-state index is 9.31. The standard InChI is InChI=1S/C17H26N2S/c1-6-19-17(5,12-18)11-14(4)20-16-9-7-15(8-10-16)13(2)3/h7-10,13-14,19H,6,11H2,1-5H3. The highest BCUT2D eigenvalue weighted by molar-refractivity contribution is 7.99. The van der Waals surface area contributed by atoms with Gasteiger partial charge in [-0.25, -0.2) is 0 Å². The van der Waals surface area contributed by atoms with Gasteiger partial charge in [0.2, 0.25) is 0 Å². The summed E-state index contributed by atoms with van der Waals surface area (Å²) < 4.78 is 0. The summed E-state index contributed by atoms with van der Waals surface area (Å²) in [7, 11) is 0. The molecule has 0 saturated heterocycles. The van der Waals surface area contributed by atoms with Crippen molar-refractivity contribution < 1.29 is 0 Å². The van der Waals surface area contributed by atoms with Gasteiger partial charge in [0.15, 0.2) is 0 Å². The van der Waals surface area contributed by atoms with Crippen molar-refractivity contribution in [1.82, 2.24) is 5.32 Å². The number of nitrogens with one attached hydrogen (secondary N) is 1. The summed E-state index contributed by atoms with van der Waals surface area (Å²) in [5, 5.41) is 13.0. The van der Waals surface area contributed by atoms with Crippen LogP contribution in [-0.4, -0.2) is 17.3 Å². The highest BCUT2D eigenvalue weighted by Gasteiger charge is 2.25. The lowest BCUT2D eigenvalue weighted by Crippen LogP contribution is -2.42. The Bertz CT molecular complexity index is 447. The molecule has 0 amide bonds. The third-order valence-electron chi connectivity index (χ3n) is 3.39. The molecular weight excluding hydrogens is 264 g/mol. The molecular formula is C17H26N2S. The summed E-state index contributed by atoms with van der Waals surface area (Å²) in [6, 6.07) is 11.2. The zero-order chi connectivity index (χ0) is 15.2. The first-order chi connectivity index (χ1) is 9.40. The third-order valence-corrected chi connectivity index (χ3v) is 4.51. The van der Waals surface area contributed by atoms with Crippen molar-refractivity contribution in [3.05, 3.63) is 29.8 Å². The van der Waals surface area contributed by atoms with Crippen LogP contribution in [0.5, 0.6) is 0 Å². The van der Waals surface area contributed by atoms with Crippen LogP contribution in [0.25, 0.3) is 0 Å². The monoisotopic (exact) mass is 290 g/mol. The zero-order valence-corrected chi connectivity index (χ0v) is 14.1. The number of hydrogen-bond acceptors (Lipinski definition) is 3. The Morgan fingerprint density at radius 2 is 1.85 bits per heavy atom. The van der Waals surface area contributed by atoms with Gasteiger partial charge in [-0.2, -0.15) is 5.26 Å². The lowest BCUT2D eigenvalue weighted by Gasteiger charge is -2.25. The predicted octanol–water partition coefficient (Wildman–Crippen LogP) is 4.57. The number of thioether (sulfide) groups is 1. The number of nitrogens with zero attached hydrogens (tertiary/aromatic N) is 1. The van der Waals surface area contributed by atoms with Gasteiger partial charge in [-0.05, 0) is 43.5 Å². The van der Waals surface area contributed by atoms with Gasteiger partial charge in [-0.1, -0.05) is 39.8 Å². The Labute approximate surface area is 128 Å².